The van der Waals surface area contributed by atoms with E-state index in [4.69, 9.17) is 9.97 Å². The first kappa shape index (κ1) is 19.5. The van der Waals surface area contributed by atoms with Gasteiger partial charge in [-0.25, -0.2) is 9.97 Å². The number of carbonyl (C=O) groups is 1. The molecule has 1 heterocycles. The van der Waals surface area contributed by atoms with E-state index in [1.165, 1.54) is 5.56 Å². The summed E-state index contributed by atoms with van der Waals surface area (Å²) >= 11 is 3.42. The summed E-state index contributed by atoms with van der Waals surface area (Å²) < 4.78 is 0.994. The summed E-state index contributed by atoms with van der Waals surface area (Å²) in [4.78, 5) is 22.4. The van der Waals surface area contributed by atoms with Gasteiger partial charge in [-0.3, -0.25) is 4.79 Å². The summed E-state index contributed by atoms with van der Waals surface area (Å²) in [6, 6.07) is 16.1. The number of allylic oxidation sites excluding steroid dienone is 1. The fraction of sp³-hybridized carbons (Fsp3) is 0.208. The molecule has 1 amide bonds. The third-order valence-corrected chi connectivity index (χ3v) is 5.39. The zero-order chi connectivity index (χ0) is 20.4. The monoisotopic (exact) mass is 447 g/mol. The zero-order valence-electron chi connectivity index (χ0n) is 16.5. The topological polar surface area (TPSA) is 54.9 Å². The Morgan fingerprint density at radius 1 is 1.07 bits per heavy atom. The second-order valence-corrected chi connectivity index (χ2v) is 8.40. The first-order chi connectivity index (χ1) is 14.0. The van der Waals surface area contributed by atoms with Crippen LogP contribution in [0.4, 0.5) is 5.82 Å². The van der Waals surface area contributed by atoms with Gasteiger partial charge in [0.05, 0.1) is 17.8 Å². The van der Waals surface area contributed by atoms with Crippen LogP contribution in [0, 0.1) is 0 Å². The Kier molecular flexibility index (Phi) is 5.58. The third-order valence-electron chi connectivity index (χ3n) is 4.86. The van der Waals surface area contributed by atoms with E-state index < -0.39 is 0 Å². The van der Waals surface area contributed by atoms with Gasteiger partial charge in [0, 0.05) is 10.0 Å². The van der Waals surface area contributed by atoms with Crippen molar-refractivity contribution in [3.05, 3.63) is 81.1 Å². The third kappa shape index (κ3) is 4.46. The Morgan fingerprint density at radius 3 is 2.59 bits per heavy atom. The molecule has 0 bridgehead atoms. The maximum absolute atomic E-state index is 12.7. The molecule has 1 N–H and O–H groups in total. The van der Waals surface area contributed by atoms with Crippen molar-refractivity contribution in [1.82, 2.24) is 9.97 Å². The highest BCUT2D eigenvalue weighted by Gasteiger charge is 2.21. The fourth-order valence-electron chi connectivity index (χ4n) is 3.53. The predicted molar refractivity (Wildman–Crippen MR) is 121 cm³/mol. The van der Waals surface area contributed by atoms with Gasteiger partial charge in [-0.05, 0) is 56.0 Å². The number of nitrogens with zero attached hydrogens (tertiary/aromatic N) is 2. The molecule has 29 heavy (non-hydrogen) atoms. The van der Waals surface area contributed by atoms with E-state index in [0.717, 1.165) is 45.4 Å². The first-order valence-electron chi connectivity index (χ1n) is 9.68. The highest BCUT2D eigenvalue weighted by molar-refractivity contribution is 9.10. The van der Waals surface area contributed by atoms with Crippen molar-refractivity contribution in [2.24, 2.45) is 0 Å². The molecule has 0 fully saturated rings. The number of hydrogen-bond acceptors (Lipinski definition) is 3. The molecule has 0 atom stereocenters. The van der Waals surface area contributed by atoms with Gasteiger partial charge in [-0.15, -0.1) is 0 Å². The predicted octanol–water partition coefficient (Wildman–Crippen LogP) is 5.61. The lowest BCUT2D eigenvalue weighted by Crippen LogP contribution is -2.19. The molecular formula is C24H22BrN3O. The van der Waals surface area contributed by atoms with Gasteiger partial charge in [0.2, 0.25) is 5.91 Å². The van der Waals surface area contributed by atoms with Crippen LogP contribution in [-0.2, 0) is 24.1 Å². The number of benzene rings is 2. The molecule has 0 unspecified atom stereocenters. The number of rotatable bonds is 4. The smallest absolute Gasteiger partial charge is 0.230 e. The molecule has 5 heteroatoms. The summed E-state index contributed by atoms with van der Waals surface area (Å²) in [5.41, 5.74) is 7.05. The van der Waals surface area contributed by atoms with E-state index in [-0.39, 0.29) is 5.91 Å². The summed E-state index contributed by atoms with van der Waals surface area (Å²) in [6.45, 7) is 4.03. The normalized spacial score (nSPS) is 12.0. The highest BCUT2D eigenvalue weighted by atomic mass is 79.9. The van der Waals surface area contributed by atoms with Gasteiger partial charge in [0.1, 0.15) is 5.69 Å². The zero-order valence-corrected chi connectivity index (χ0v) is 18.1. The number of carbonyl (C=O) groups excluding carboxylic acids is 1. The number of aryl methyl sites for hydroxylation is 2. The van der Waals surface area contributed by atoms with Gasteiger partial charge in [-0.1, -0.05) is 57.9 Å². The molecular weight excluding hydrogens is 426 g/mol. The average Bonchev–Trinajstić information content (AvgIpc) is 2.70. The molecule has 3 aromatic rings. The molecule has 0 saturated heterocycles. The van der Waals surface area contributed by atoms with E-state index in [2.05, 4.69) is 39.4 Å². The molecule has 1 aliphatic carbocycles. The molecule has 4 nitrogen and oxygen atoms in total. The molecule has 0 aliphatic heterocycles. The van der Waals surface area contributed by atoms with Gasteiger partial charge in [-0.2, -0.15) is 0 Å². The largest absolute Gasteiger partial charge is 0.309 e. The van der Waals surface area contributed by atoms with Crippen molar-refractivity contribution < 1.29 is 4.79 Å². The minimum absolute atomic E-state index is 0.0961. The SMILES string of the molecule is CC(C)=Cc1nc2c(nc1NC(=O)Cc1ccc(Br)cc1)CCc1ccccc1-2. The van der Waals surface area contributed by atoms with Crippen LogP contribution in [0.15, 0.2) is 58.6 Å². The van der Waals surface area contributed by atoms with Crippen LogP contribution < -0.4 is 5.32 Å². The van der Waals surface area contributed by atoms with Crippen LogP contribution in [0.1, 0.15) is 36.4 Å². The van der Waals surface area contributed by atoms with Gasteiger partial charge >= 0.3 is 0 Å². The Balaban J connectivity index is 1.67. The van der Waals surface area contributed by atoms with E-state index in [0.29, 0.717) is 17.9 Å². The summed E-state index contributed by atoms with van der Waals surface area (Å²) in [5, 5.41) is 2.98. The van der Waals surface area contributed by atoms with E-state index in [1.54, 1.807) is 0 Å². The second-order valence-electron chi connectivity index (χ2n) is 7.48. The number of hydrogen-bond donors (Lipinski definition) is 1. The molecule has 0 radical (unpaired) electrons. The molecule has 4 rings (SSSR count). The fourth-order valence-corrected chi connectivity index (χ4v) is 3.79. The number of nitrogens with one attached hydrogen (secondary N) is 1. The van der Waals surface area contributed by atoms with E-state index in [9.17, 15) is 4.79 Å². The number of aromatic nitrogens is 2. The van der Waals surface area contributed by atoms with Crippen LogP contribution in [-0.4, -0.2) is 15.9 Å². The van der Waals surface area contributed by atoms with E-state index in [1.807, 2.05) is 50.3 Å². The highest BCUT2D eigenvalue weighted by Crippen LogP contribution is 2.33. The maximum Gasteiger partial charge on any atom is 0.230 e. The van der Waals surface area contributed by atoms with Crippen molar-refractivity contribution in [1.29, 1.82) is 0 Å². The molecule has 0 spiro atoms. The van der Waals surface area contributed by atoms with Crippen LogP contribution in [0.3, 0.4) is 0 Å². The summed E-state index contributed by atoms with van der Waals surface area (Å²) in [5.74, 6) is 0.438. The average molecular weight is 448 g/mol. The van der Waals surface area contributed by atoms with Crippen LogP contribution in [0.2, 0.25) is 0 Å². The van der Waals surface area contributed by atoms with Gasteiger partial charge in [0.15, 0.2) is 5.82 Å². The lowest BCUT2D eigenvalue weighted by Gasteiger charge is -2.20. The second kappa shape index (κ2) is 8.29. The summed E-state index contributed by atoms with van der Waals surface area (Å²) in [6.07, 6.45) is 4.03. The lowest BCUT2D eigenvalue weighted by atomic mass is 9.92. The van der Waals surface area contributed by atoms with E-state index >= 15 is 0 Å². The molecule has 2 aromatic carbocycles. The first-order valence-corrected chi connectivity index (χ1v) is 10.5. The Bertz CT molecular complexity index is 1100. The minimum Gasteiger partial charge on any atom is -0.309 e. The maximum atomic E-state index is 12.7. The number of halogens is 1. The summed E-state index contributed by atoms with van der Waals surface area (Å²) in [7, 11) is 0. The van der Waals surface area contributed by atoms with Crippen LogP contribution in [0.5, 0.6) is 0 Å². The quantitative estimate of drug-likeness (QED) is 0.565. The van der Waals surface area contributed by atoms with Crippen LogP contribution in [0.25, 0.3) is 17.3 Å². The van der Waals surface area contributed by atoms with Crippen molar-refractivity contribution in [2.45, 2.75) is 33.1 Å². The van der Waals surface area contributed by atoms with Crippen molar-refractivity contribution in [2.75, 3.05) is 5.32 Å². The standard InChI is InChI=1S/C24H22BrN3O/c1-15(2)13-21-24(28-22(29)14-16-7-10-18(25)11-8-16)27-20-12-9-17-5-3-4-6-19(17)23(20)26-21/h3-8,10-11,13H,9,12,14H2,1-2H3,(H,27,28,29). The number of amides is 1. The van der Waals surface area contributed by atoms with Gasteiger partial charge in [0.25, 0.3) is 0 Å². The number of anilines is 1. The van der Waals surface area contributed by atoms with Gasteiger partial charge < -0.3 is 5.32 Å². The Morgan fingerprint density at radius 2 is 1.83 bits per heavy atom. The molecule has 0 saturated carbocycles. The number of fused-ring (bicyclic) bond motifs is 3. The molecule has 1 aliphatic rings. The Labute approximate surface area is 179 Å². The Hall–Kier alpha value is -2.79. The van der Waals surface area contributed by atoms with Crippen molar-refractivity contribution in [3.63, 3.8) is 0 Å². The molecule has 1 aromatic heterocycles. The van der Waals surface area contributed by atoms with Crippen molar-refractivity contribution >= 4 is 33.7 Å². The lowest BCUT2D eigenvalue weighted by molar-refractivity contribution is -0.115. The van der Waals surface area contributed by atoms with Crippen molar-refractivity contribution in [3.8, 4) is 11.3 Å². The van der Waals surface area contributed by atoms with Crippen LogP contribution >= 0.6 is 15.9 Å². The minimum atomic E-state index is -0.0961. The molecule has 146 valence electrons.